The Kier molecular flexibility index (Phi) is 4.19. The van der Waals surface area contributed by atoms with Crippen LogP contribution in [0.2, 0.25) is 0 Å². The minimum atomic E-state index is -0.262. The van der Waals surface area contributed by atoms with E-state index in [0.717, 1.165) is 29.8 Å². The molecule has 4 N–H and O–H groups in total. The summed E-state index contributed by atoms with van der Waals surface area (Å²) in [6.07, 6.45) is 1.74. The summed E-state index contributed by atoms with van der Waals surface area (Å²) in [5, 5.41) is 12.9. The molecule has 1 rings (SSSR count). The number of para-hydroxylation sites is 1. The normalized spacial score (nSPS) is 11.5. The molecule has 1 aromatic rings. The van der Waals surface area contributed by atoms with Crippen LogP contribution in [-0.2, 0) is 0 Å². The van der Waals surface area contributed by atoms with Crippen molar-refractivity contribution in [3.8, 4) is 0 Å². The van der Waals surface area contributed by atoms with Crippen LogP contribution in [0.1, 0.15) is 32.3 Å². The van der Waals surface area contributed by atoms with Gasteiger partial charge in [0, 0.05) is 0 Å². The topological polar surface area (TPSA) is 58.3 Å². The Hall–Kier alpha value is -1.22. The Labute approximate surface area is 97.7 Å². The number of aliphatic hydroxyl groups is 1. The molecular weight excluding hydrogens is 200 g/mol. The summed E-state index contributed by atoms with van der Waals surface area (Å²) in [5.74, 6) is 0. The van der Waals surface area contributed by atoms with Crippen LogP contribution >= 0.6 is 0 Å². The predicted octanol–water partition coefficient (Wildman–Crippen LogP) is 2.54. The number of rotatable bonds is 5. The Bertz CT molecular complexity index is 338. The first kappa shape index (κ1) is 12.8. The highest BCUT2D eigenvalue weighted by molar-refractivity contribution is 5.70. The van der Waals surface area contributed by atoms with Crippen LogP contribution < -0.4 is 11.1 Å². The third-order valence-corrected chi connectivity index (χ3v) is 3.38. The summed E-state index contributed by atoms with van der Waals surface area (Å²) in [7, 11) is 0. The highest BCUT2D eigenvalue weighted by Crippen LogP contribution is 2.28. The number of hydrogen-bond acceptors (Lipinski definition) is 3. The van der Waals surface area contributed by atoms with Crippen LogP contribution in [0.15, 0.2) is 18.2 Å². The van der Waals surface area contributed by atoms with Crippen molar-refractivity contribution in [1.29, 1.82) is 0 Å². The molecule has 16 heavy (non-hydrogen) atoms. The van der Waals surface area contributed by atoms with Gasteiger partial charge in [-0.1, -0.05) is 26.0 Å². The fraction of sp³-hybridized carbons (Fsp3) is 0.538. The van der Waals surface area contributed by atoms with E-state index >= 15 is 0 Å². The summed E-state index contributed by atoms with van der Waals surface area (Å²) in [5.41, 5.74) is 8.49. The number of nitrogen functional groups attached to an aromatic ring is 1. The molecule has 1 aromatic carbocycles. The maximum Gasteiger partial charge on any atom is 0.0661 e. The SMILES string of the molecule is CCC(CC)(CO)Nc1cccc(C)c1N. The third kappa shape index (κ3) is 2.47. The zero-order valence-electron chi connectivity index (χ0n) is 10.4. The molecular formula is C13H22N2O. The zero-order chi connectivity index (χ0) is 12.2. The summed E-state index contributed by atoms with van der Waals surface area (Å²) >= 11 is 0. The van der Waals surface area contributed by atoms with Crippen LogP contribution in [0.4, 0.5) is 11.4 Å². The highest BCUT2D eigenvalue weighted by Gasteiger charge is 2.25. The lowest BCUT2D eigenvalue weighted by molar-refractivity contribution is 0.202. The van der Waals surface area contributed by atoms with Crippen LogP contribution in [0, 0.1) is 6.92 Å². The van der Waals surface area contributed by atoms with Gasteiger partial charge in [0.15, 0.2) is 0 Å². The summed E-state index contributed by atoms with van der Waals surface area (Å²) in [6.45, 7) is 6.24. The van der Waals surface area contributed by atoms with Gasteiger partial charge in [-0.3, -0.25) is 0 Å². The van der Waals surface area contributed by atoms with E-state index in [9.17, 15) is 5.11 Å². The van der Waals surface area contributed by atoms with Crippen molar-refractivity contribution in [2.24, 2.45) is 0 Å². The highest BCUT2D eigenvalue weighted by atomic mass is 16.3. The molecule has 90 valence electrons. The molecule has 0 saturated heterocycles. The molecule has 0 bridgehead atoms. The molecule has 0 aliphatic rings. The lowest BCUT2D eigenvalue weighted by Gasteiger charge is -2.32. The number of hydrogen-bond donors (Lipinski definition) is 3. The molecule has 0 amide bonds. The lowest BCUT2D eigenvalue weighted by Crippen LogP contribution is -2.41. The second kappa shape index (κ2) is 5.21. The largest absolute Gasteiger partial charge is 0.397 e. The first-order valence-corrected chi connectivity index (χ1v) is 5.82. The monoisotopic (exact) mass is 222 g/mol. The predicted molar refractivity (Wildman–Crippen MR) is 69.6 cm³/mol. The van der Waals surface area contributed by atoms with Gasteiger partial charge in [0.2, 0.25) is 0 Å². The van der Waals surface area contributed by atoms with E-state index in [4.69, 9.17) is 5.73 Å². The van der Waals surface area contributed by atoms with Gasteiger partial charge in [0.05, 0.1) is 23.5 Å². The van der Waals surface area contributed by atoms with E-state index in [1.54, 1.807) is 0 Å². The molecule has 0 radical (unpaired) electrons. The van der Waals surface area contributed by atoms with Crippen molar-refractivity contribution in [2.45, 2.75) is 39.2 Å². The molecule has 0 fully saturated rings. The van der Waals surface area contributed by atoms with Crippen molar-refractivity contribution in [3.63, 3.8) is 0 Å². The number of nitrogens with two attached hydrogens (primary N) is 1. The molecule has 0 aromatic heterocycles. The van der Waals surface area contributed by atoms with Gasteiger partial charge in [-0.05, 0) is 31.4 Å². The van der Waals surface area contributed by atoms with Crippen molar-refractivity contribution < 1.29 is 5.11 Å². The maximum atomic E-state index is 9.49. The van der Waals surface area contributed by atoms with Gasteiger partial charge < -0.3 is 16.2 Å². The minimum Gasteiger partial charge on any atom is -0.397 e. The van der Waals surface area contributed by atoms with E-state index in [2.05, 4.69) is 19.2 Å². The van der Waals surface area contributed by atoms with Gasteiger partial charge >= 0.3 is 0 Å². The summed E-state index contributed by atoms with van der Waals surface area (Å²) < 4.78 is 0. The van der Waals surface area contributed by atoms with E-state index in [-0.39, 0.29) is 12.1 Å². The third-order valence-electron chi connectivity index (χ3n) is 3.38. The number of aliphatic hydroxyl groups excluding tert-OH is 1. The smallest absolute Gasteiger partial charge is 0.0661 e. The number of aryl methyl sites for hydroxylation is 1. The van der Waals surface area contributed by atoms with Crippen LogP contribution in [0.3, 0.4) is 0 Å². The molecule has 0 saturated carbocycles. The van der Waals surface area contributed by atoms with Gasteiger partial charge in [0.1, 0.15) is 0 Å². The Morgan fingerprint density at radius 1 is 1.31 bits per heavy atom. The first-order chi connectivity index (χ1) is 7.58. The average molecular weight is 222 g/mol. The van der Waals surface area contributed by atoms with E-state index in [0.29, 0.717) is 0 Å². The van der Waals surface area contributed by atoms with Crippen LogP contribution in [0.25, 0.3) is 0 Å². The second-order valence-corrected chi connectivity index (χ2v) is 4.31. The van der Waals surface area contributed by atoms with Crippen molar-refractivity contribution in [2.75, 3.05) is 17.7 Å². The van der Waals surface area contributed by atoms with E-state index < -0.39 is 0 Å². The molecule has 0 aliphatic carbocycles. The number of nitrogens with one attached hydrogen (secondary N) is 1. The second-order valence-electron chi connectivity index (χ2n) is 4.31. The molecule has 3 heteroatoms. The molecule has 0 spiro atoms. The van der Waals surface area contributed by atoms with Crippen LogP contribution in [-0.4, -0.2) is 17.3 Å². The Morgan fingerprint density at radius 3 is 2.44 bits per heavy atom. The number of anilines is 2. The summed E-state index contributed by atoms with van der Waals surface area (Å²) in [6, 6.07) is 5.92. The quantitative estimate of drug-likeness (QED) is 0.671. The van der Waals surface area contributed by atoms with Crippen molar-refractivity contribution in [1.82, 2.24) is 0 Å². The Morgan fingerprint density at radius 2 is 1.94 bits per heavy atom. The molecule has 0 heterocycles. The van der Waals surface area contributed by atoms with E-state index in [1.165, 1.54) is 0 Å². The van der Waals surface area contributed by atoms with Gasteiger partial charge in [-0.15, -0.1) is 0 Å². The molecule has 0 aliphatic heterocycles. The maximum absolute atomic E-state index is 9.49. The van der Waals surface area contributed by atoms with E-state index in [1.807, 2.05) is 25.1 Å². The average Bonchev–Trinajstić information content (AvgIpc) is 2.32. The van der Waals surface area contributed by atoms with Gasteiger partial charge in [-0.2, -0.15) is 0 Å². The van der Waals surface area contributed by atoms with Gasteiger partial charge in [-0.25, -0.2) is 0 Å². The molecule has 0 unspecified atom stereocenters. The van der Waals surface area contributed by atoms with Gasteiger partial charge in [0.25, 0.3) is 0 Å². The van der Waals surface area contributed by atoms with Crippen LogP contribution in [0.5, 0.6) is 0 Å². The lowest BCUT2D eigenvalue weighted by atomic mass is 9.93. The standard InChI is InChI=1S/C13H22N2O/c1-4-13(5-2,9-16)15-11-8-6-7-10(3)12(11)14/h6-8,15-16H,4-5,9,14H2,1-3H3. The first-order valence-electron chi connectivity index (χ1n) is 5.82. The van der Waals surface area contributed by atoms with Crippen molar-refractivity contribution >= 4 is 11.4 Å². The Balaban J connectivity index is 2.98. The number of benzene rings is 1. The molecule has 0 atom stereocenters. The fourth-order valence-corrected chi connectivity index (χ4v) is 1.77. The zero-order valence-corrected chi connectivity index (χ0v) is 10.4. The minimum absolute atomic E-state index is 0.118. The molecule has 3 nitrogen and oxygen atoms in total. The summed E-state index contributed by atoms with van der Waals surface area (Å²) in [4.78, 5) is 0. The van der Waals surface area contributed by atoms with Crippen molar-refractivity contribution in [3.05, 3.63) is 23.8 Å². The fourth-order valence-electron chi connectivity index (χ4n) is 1.77.